The number of halogens is 1. The van der Waals surface area contributed by atoms with Gasteiger partial charge in [0.2, 0.25) is 5.91 Å². The van der Waals surface area contributed by atoms with Crippen LogP contribution in [0.1, 0.15) is 58.3 Å². The van der Waals surface area contributed by atoms with E-state index in [-0.39, 0.29) is 37.4 Å². The number of amides is 1. The summed E-state index contributed by atoms with van der Waals surface area (Å²) in [4.78, 5) is 24.5. The van der Waals surface area contributed by atoms with Crippen LogP contribution >= 0.6 is 12.4 Å². The van der Waals surface area contributed by atoms with Gasteiger partial charge in [0.05, 0.1) is 13.1 Å². The van der Waals surface area contributed by atoms with Crippen molar-refractivity contribution in [1.29, 1.82) is 0 Å². The first-order valence-corrected chi connectivity index (χ1v) is 7.85. The Morgan fingerprint density at radius 1 is 1.10 bits per heavy atom. The van der Waals surface area contributed by atoms with Gasteiger partial charge in [-0.2, -0.15) is 0 Å². The molecule has 1 rings (SSSR count). The first kappa shape index (κ1) is 20.2. The fourth-order valence-corrected chi connectivity index (χ4v) is 2.80. The van der Waals surface area contributed by atoms with E-state index < -0.39 is 5.97 Å². The second kappa shape index (κ2) is 11.8. The van der Waals surface area contributed by atoms with Crippen molar-refractivity contribution in [2.75, 3.05) is 19.6 Å². The van der Waals surface area contributed by atoms with Crippen LogP contribution in [0.15, 0.2) is 0 Å². The number of carbonyl (C=O) groups is 2. The molecule has 0 aromatic heterocycles. The average Bonchev–Trinajstić information content (AvgIpc) is 2.31. The molecule has 0 bridgehead atoms. The molecule has 1 aliphatic carbocycles. The van der Waals surface area contributed by atoms with Crippen molar-refractivity contribution in [3.05, 3.63) is 0 Å². The summed E-state index contributed by atoms with van der Waals surface area (Å²) in [6.07, 6.45) is 9.14. The highest BCUT2D eigenvalue weighted by Crippen LogP contribution is 2.16. The highest BCUT2D eigenvalue weighted by molar-refractivity contribution is 5.85. The van der Waals surface area contributed by atoms with Crippen molar-refractivity contribution in [2.45, 2.75) is 64.3 Å². The Kier molecular flexibility index (Phi) is 11.4. The number of carbonyl (C=O) groups excluding carboxylic acids is 1. The van der Waals surface area contributed by atoms with Gasteiger partial charge in [0.25, 0.3) is 0 Å². The van der Waals surface area contributed by atoms with Crippen LogP contribution in [0.2, 0.25) is 0 Å². The summed E-state index contributed by atoms with van der Waals surface area (Å²) in [6.45, 7) is 2.76. The van der Waals surface area contributed by atoms with E-state index in [0.29, 0.717) is 6.54 Å². The van der Waals surface area contributed by atoms with Crippen LogP contribution in [0.3, 0.4) is 0 Å². The summed E-state index contributed by atoms with van der Waals surface area (Å²) in [5, 5.41) is 11.9. The van der Waals surface area contributed by atoms with Crippen LogP contribution < -0.4 is 5.32 Å². The zero-order chi connectivity index (χ0) is 14.8. The van der Waals surface area contributed by atoms with Crippen molar-refractivity contribution in [3.8, 4) is 0 Å². The van der Waals surface area contributed by atoms with Gasteiger partial charge < -0.3 is 10.4 Å². The smallest absolute Gasteiger partial charge is 0.317 e. The SMILES string of the molecule is CCCN(CC(=O)O)CC(=O)NC1CCCCCCC1.Cl. The van der Waals surface area contributed by atoms with Gasteiger partial charge in [-0.15, -0.1) is 12.4 Å². The highest BCUT2D eigenvalue weighted by atomic mass is 35.5. The third kappa shape index (κ3) is 9.69. The Hall–Kier alpha value is -0.810. The van der Waals surface area contributed by atoms with E-state index >= 15 is 0 Å². The molecule has 0 atom stereocenters. The van der Waals surface area contributed by atoms with Gasteiger partial charge in [-0.05, 0) is 25.8 Å². The molecule has 0 heterocycles. The van der Waals surface area contributed by atoms with Crippen molar-refractivity contribution in [1.82, 2.24) is 10.2 Å². The van der Waals surface area contributed by atoms with Crippen LogP contribution in [-0.4, -0.2) is 47.6 Å². The van der Waals surface area contributed by atoms with Gasteiger partial charge in [0.1, 0.15) is 0 Å². The Balaban J connectivity index is 0.00000400. The van der Waals surface area contributed by atoms with Gasteiger partial charge in [0, 0.05) is 6.04 Å². The molecule has 5 nitrogen and oxygen atoms in total. The zero-order valence-electron chi connectivity index (χ0n) is 13.0. The van der Waals surface area contributed by atoms with Crippen molar-refractivity contribution >= 4 is 24.3 Å². The molecule has 124 valence electrons. The normalized spacial score (nSPS) is 16.7. The highest BCUT2D eigenvalue weighted by Gasteiger charge is 2.17. The average molecular weight is 321 g/mol. The number of rotatable bonds is 7. The molecule has 2 N–H and O–H groups in total. The van der Waals surface area contributed by atoms with E-state index in [1.54, 1.807) is 4.90 Å². The minimum Gasteiger partial charge on any atom is -0.480 e. The van der Waals surface area contributed by atoms with E-state index in [1.807, 2.05) is 6.92 Å². The summed E-state index contributed by atoms with van der Waals surface area (Å²) in [7, 11) is 0. The topological polar surface area (TPSA) is 69.6 Å². The Morgan fingerprint density at radius 3 is 2.19 bits per heavy atom. The van der Waals surface area contributed by atoms with Crippen LogP contribution in [-0.2, 0) is 9.59 Å². The maximum absolute atomic E-state index is 12.0. The van der Waals surface area contributed by atoms with Crippen molar-refractivity contribution in [3.63, 3.8) is 0 Å². The lowest BCUT2D eigenvalue weighted by Gasteiger charge is -2.24. The number of hydrogen-bond acceptors (Lipinski definition) is 3. The molecular formula is C15H29ClN2O3. The number of nitrogens with zero attached hydrogens (tertiary/aromatic N) is 1. The van der Waals surface area contributed by atoms with Gasteiger partial charge in [-0.25, -0.2) is 0 Å². The fourth-order valence-electron chi connectivity index (χ4n) is 2.80. The van der Waals surface area contributed by atoms with E-state index in [4.69, 9.17) is 5.11 Å². The molecule has 0 spiro atoms. The fraction of sp³-hybridized carbons (Fsp3) is 0.867. The lowest BCUT2D eigenvalue weighted by molar-refractivity contribution is -0.138. The Bertz CT molecular complexity index is 305. The molecular weight excluding hydrogens is 292 g/mol. The molecule has 0 aliphatic heterocycles. The van der Waals surface area contributed by atoms with E-state index in [1.165, 1.54) is 32.1 Å². The molecule has 0 saturated heterocycles. The first-order chi connectivity index (χ1) is 9.61. The molecule has 1 fully saturated rings. The number of carboxylic acid groups (broad SMARTS) is 1. The van der Waals surface area contributed by atoms with Crippen molar-refractivity contribution in [2.24, 2.45) is 0 Å². The number of nitrogens with one attached hydrogen (secondary N) is 1. The number of hydrogen-bond donors (Lipinski definition) is 2. The van der Waals surface area contributed by atoms with Crippen LogP contribution in [0, 0.1) is 0 Å². The van der Waals surface area contributed by atoms with E-state index in [9.17, 15) is 9.59 Å². The van der Waals surface area contributed by atoms with Crippen LogP contribution in [0.4, 0.5) is 0 Å². The molecule has 0 aromatic carbocycles. The van der Waals surface area contributed by atoms with Gasteiger partial charge in [0.15, 0.2) is 0 Å². The summed E-state index contributed by atoms with van der Waals surface area (Å²) in [5.41, 5.74) is 0. The molecule has 0 radical (unpaired) electrons. The second-order valence-corrected chi connectivity index (χ2v) is 5.71. The van der Waals surface area contributed by atoms with E-state index in [2.05, 4.69) is 5.32 Å². The first-order valence-electron chi connectivity index (χ1n) is 7.85. The molecule has 0 unspecified atom stereocenters. The minimum atomic E-state index is -0.878. The third-order valence-corrected chi connectivity index (χ3v) is 3.74. The van der Waals surface area contributed by atoms with Gasteiger partial charge in [-0.3, -0.25) is 14.5 Å². The van der Waals surface area contributed by atoms with Gasteiger partial charge >= 0.3 is 5.97 Å². The second-order valence-electron chi connectivity index (χ2n) is 5.71. The lowest BCUT2D eigenvalue weighted by atomic mass is 9.97. The standard InChI is InChI=1S/C15H28N2O3.ClH/c1-2-10-17(12-15(19)20)11-14(18)16-13-8-6-4-3-5-7-9-13;/h13H,2-12H2,1H3,(H,16,18)(H,19,20);1H. The maximum Gasteiger partial charge on any atom is 0.317 e. The minimum absolute atomic E-state index is 0. The van der Waals surface area contributed by atoms with Crippen LogP contribution in [0.5, 0.6) is 0 Å². The molecule has 1 amide bonds. The largest absolute Gasteiger partial charge is 0.480 e. The molecule has 6 heteroatoms. The van der Waals surface area contributed by atoms with E-state index in [0.717, 1.165) is 19.3 Å². The zero-order valence-corrected chi connectivity index (χ0v) is 13.8. The molecule has 21 heavy (non-hydrogen) atoms. The summed E-state index contributed by atoms with van der Waals surface area (Å²) >= 11 is 0. The quantitative estimate of drug-likeness (QED) is 0.756. The third-order valence-electron chi connectivity index (χ3n) is 3.74. The Labute approximate surface area is 133 Å². The summed E-state index contributed by atoms with van der Waals surface area (Å²) in [5.74, 6) is -0.914. The summed E-state index contributed by atoms with van der Waals surface area (Å²) in [6, 6.07) is 0.274. The summed E-state index contributed by atoms with van der Waals surface area (Å²) < 4.78 is 0. The Morgan fingerprint density at radius 2 is 1.67 bits per heavy atom. The maximum atomic E-state index is 12.0. The number of aliphatic carboxylic acids is 1. The molecule has 1 saturated carbocycles. The molecule has 0 aromatic rings. The predicted molar refractivity (Wildman–Crippen MR) is 85.9 cm³/mol. The predicted octanol–water partition coefficient (Wildman–Crippen LogP) is 2.43. The molecule has 1 aliphatic rings. The lowest BCUT2D eigenvalue weighted by Crippen LogP contribution is -2.44. The number of carboxylic acids is 1. The van der Waals surface area contributed by atoms with Crippen molar-refractivity contribution < 1.29 is 14.7 Å². The van der Waals surface area contributed by atoms with Crippen LogP contribution in [0.25, 0.3) is 0 Å². The van der Waals surface area contributed by atoms with Gasteiger partial charge in [-0.1, -0.05) is 39.0 Å². The monoisotopic (exact) mass is 320 g/mol.